The molecule has 0 bridgehead atoms. The molecule has 0 spiro atoms. The van der Waals surface area contributed by atoms with Crippen LogP contribution in [0.4, 0.5) is 0 Å². The third-order valence-corrected chi connectivity index (χ3v) is 3.59. The Hall–Kier alpha value is -3.15. The minimum Gasteiger partial charge on any atom is -0.496 e. The summed E-state index contributed by atoms with van der Waals surface area (Å²) in [6.45, 7) is 0.946. The quantitative estimate of drug-likeness (QED) is 0.756. The Balaban J connectivity index is 1.61. The highest BCUT2D eigenvalue weighted by molar-refractivity contribution is 5.91. The third-order valence-electron chi connectivity index (χ3n) is 3.59. The minimum atomic E-state index is -0.264. The van der Waals surface area contributed by atoms with E-state index in [1.54, 1.807) is 18.0 Å². The first-order valence-electron chi connectivity index (χ1n) is 7.60. The van der Waals surface area contributed by atoms with Crippen LogP contribution in [0.3, 0.4) is 0 Å². The molecule has 6 heteroatoms. The lowest BCUT2D eigenvalue weighted by Gasteiger charge is -2.08. The number of nitrogens with one attached hydrogen (secondary N) is 1. The Bertz CT molecular complexity index is 815. The number of carbonyl (C=O) groups is 1. The molecule has 0 atom stereocenters. The van der Waals surface area contributed by atoms with Crippen LogP contribution >= 0.6 is 0 Å². The number of carbonyl (C=O) groups excluding carboxylic acids is 1. The number of methoxy groups -OCH3 is 1. The highest BCUT2D eigenvalue weighted by atomic mass is 16.5. The molecule has 0 saturated heterocycles. The molecule has 0 saturated carbocycles. The van der Waals surface area contributed by atoms with Crippen LogP contribution in [0, 0.1) is 0 Å². The van der Waals surface area contributed by atoms with Gasteiger partial charge in [-0.05, 0) is 11.6 Å². The van der Waals surface area contributed by atoms with Gasteiger partial charge in [-0.3, -0.25) is 4.79 Å². The van der Waals surface area contributed by atoms with E-state index in [0.29, 0.717) is 18.8 Å². The van der Waals surface area contributed by atoms with Crippen LogP contribution in [-0.2, 0) is 13.1 Å². The van der Waals surface area contributed by atoms with Crippen molar-refractivity contribution in [3.8, 4) is 5.75 Å². The molecule has 3 aromatic rings. The van der Waals surface area contributed by atoms with Gasteiger partial charge in [0.15, 0.2) is 5.69 Å². The predicted octanol–water partition coefficient (Wildman–Crippen LogP) is 2.26. The molecule has 2 aromatic carbocycles. The van der Waals surface area contributed by atoms with Crippen molar-refractivity contribution in [1.82, 2.24) is 20.3 Å². The molecule has 122 valence electrons. The second-order valence-electron chi connectivity index (χ2n) is 5.28. The number of benzene rings is 2. The smallest absolute Gasteiger partial charge is 0.273 e. The molecule has 3 rings (SSSR count). The van der Waals surface area contributed by atoms with Crippen LogP contribution in [0.25, 0.3) is 0 Å². The number of para-hydroxylation sites is 1. The summed E-state index contributed by atoms with van der Waals surface area (Å²) in [5.41, 5.74) is 2.30. The van der Waals surface area contributed by atoms with Crippen LogP contribution in [0.2, 0.25) is 0 Å². The largest absolute Gasteiger partial charge is 0.496 e. The summed E-state index contributed by atoms with van der Waals surface area (Å²) in [4.78, 5) is 12.2. The SMILES string of the molecule is COc1ccccc1CNC(=O)c1cn(Cc2ccccc2)nn1. The summed E-state index contributed by atoms with van der Waals surface area (Å²) in [6.07, 6.45) is 1.64. The van der Waals surface area contributed by atoms with Crippen molar-refractivity contribution in [2.45, 2.75) is 13.1 Å². The van der Waals surface area contributed by atoms with Gasteiger partial charge in [0.25, 0.3) is 5.91 Å². The molecular weight excluding hydrogens is 304 g/mol. The van der Waals surface area contributed by atoms with Crippen molar-refractivity contribution in [2.75, 3.05) is 7.11 Å². The number of hydrogen-bond acceptors (Lipinski definition) is 4. The summed E-state index contributed by atoms with van der Waals surface area (Å²) >= 11 is 0. The van der Waals surface area contributed by atoms with Gasteiger partial charge in [0, 0.05) is 12.1 Å². The molecule has 1 heterocycles. The van der Waals surface area contributed by atoms with Crippen molar-refractivity contribution in [3.63, 3.8) is 0 Å². The number of nitrogens with zero attached hydrogens (tertiary/aromatic N) is 3. The fourth-order valence-corrected chi connectivity index (χ4v) is 2.37. The van der Waals surface area contributed by atoms with Crippen LogP contribution in [0.1, 0.15) is 21.6 Å². The maximum Gasteiger partial charge on any atom is 0.273 e. The molecule has 0 aliphatic rings. The molecule has 0 unspecified atom stereocenters. The molecule has 6 nitrogen and oxygen atoms in total. The number of rotatable bonds is 6. The van der Waals surface area contributed by atoms with E-state index < -0.39 is 0 Å². The van der Waals surface area contributed by atoms with Crippen molar-refractivity contribution in [1.29, 1.82) is 0 Å². The molecule has 1 aromatic heterocycles. The first-order chi connectivity index (χ1) is 11.8. The summed E-state index contributed by atoms with van der Waals surface area (Å²) in [5, 5.41) is 10.8. The van der Waals surface area contributed by atoms with Crippen LogP contribution in [0.15, 0.2) is 60.8 Å². The number of hydrogen-bond donors (Lipinski definition) is 1. The van der Waals surface area contributed by atoms with E-state index in [2.05, 4.69) is 15.6 Å². The average Bonchev–Trinajstić information content (AvgIpc) is 3.09. The number of aromatic nitrogens is 3. The van der Waals surface area contributed by atoms with E-state index in [1.807, 2.05) is 54.6 Å². The van der Waals surface area contributed by atoms with E-state index in [0.717, 1.165) is 16.9 Å². The lowest BCUT2D eigenvalue weighted by Crippen LogP contribution is -2.23. The van der Waals surface area contributed by atoms with Gasteiger partial charge < -0.3 is 10.1 Å². The molecule has 1 N–H and O–H groups in total. The van der Waals surface area contributed by atoms with E-state index >= 15 is 0 Å². The second-order valence-corrected chi connectivity index (χ2v) is 5.28. The number of ether oxygens (including phenoxy) is 1. The van der Waals surface area contributed by atoms with Gasteiger partial charge in [-0.1, -0.05) is 53.7 Å². The van der Waals surface area contributed by atoms with E-state index in [4.69, 9.17) is 4.74 Å². The highest BCUT2D eigenvalue weighted by Crippen LogP contribution is 2.16. The van der Waals surface area contributed by atoms with Crippen molar-refractivity contribution in [3.05, 3.63) is 77.6 Å². The topological polar surface area (TPSA) is 69.0 Å². The summed E-state index contributed by atoms with van der Waals surface area (Å²) < 4.78 is 6.92. The molecule has 24 heavy (non-hydrogen) atoms. The van der Waals surface area contributed by atoms with Gasteiger partial charge in [-0.2, -0.15) is 0 Å². The normalized spacial score (nSPS) is 10.4. The van der Waals surface area contributed by atoms with Gasteiger partial charge in [-0.15, -0.1) is 5.10 Å². The zero-order chi connectivity index (χ0) is 16.8. The first-order valence-corrected chi connectivity index (χ1v) is 7.60. The fourth-order valence-electron chi connectivity index (χ4n) is 2.37. The van der Waals surface area contributed by atoms with Gasteiger partial charge in [0.1, 0.15) is 5.75 Å². The van der Waals surface area contributed by atoms with Gasteiger partial charge in [-0.25, -0.2) is 4.68 Å². The predicted molar refractivity (Wildman–Crippen MR) is 89.7 cm³/mol. The minimum absolute atomic E-state index is 0.264. The van der Waals surface area contributed by atoms with E-state index in [-0.39, 0.29) is 5.91 Å². The Labute approximate surface area is 140 Å². The van der Waals surface area contributed by atoms with Gasteiger partial charge in [0.05, 0.1) is 19.9 Å². The Morgan fingerprint density at radius 1 is 1.12 bits per heavy atom. The maximum atomic E-state index is 12.2. The summed E-state index contributed by atoms with van der Waals surface area (Å²) in [5.74, 6) is 0.478. The average molecular weight is 322 g/mol. The van der Waals surface area contributed by atoms with Crippen LogP contribution < -0.4 is 10.1 Å². The number of amides is 1. The monoisotopic (exact) mass is 322 g/mol. The van der Waals surface area contributed by atoms with Crippen LogP contribution in [0.5, 0.6) is 5.75 Å². The molecule has 0 aliphatic carbocycles. The van der Waals surface area contributed by atoms with Crippen molar-refractivity contribution >= 4 is 5.91 Å². The maximum absolute atomic E-state index is 12.2. The Morgan fingerprint density at radius 2 is 1.88 bits per heavy atom. The summed E-state index contributed by atoms with van der Waals surface area (Å²) in [6, 6.07) is 17.5. The zero-order valence-electron chi connectivity index (χ0n) is 13.3. The zero-order valence-corrected chi connectivity index (χ0v) is 13.3. The highest BCUT2D eigenvalue weighted by Gasteiger charge is 2.11. The second kappa shape index (κ2) is 7.41. The van der Waals surface area contributed by atoms with E-state index in [1.165, 1.54) is 0 Å². The molecule has 0 radical (unpaired) electrons. The van der Waals surface area contributed by atoms with Crippen LogP contribution in [-0.4, -0.2) is 28.0 Å². The third kappa shape index (κ3) is 3.78. The Kier molecular flexibility index (Phi) is 4.86. The molecule has 1 amide bonds. The first kappa shape index (κ1) is 15.7. The van der Waals surface area contributed by atoms with Crippen molar-refractivity contribution < 1.29 is 9.53 Å². The lowest BCUT2D eigenvalue weighted by molar-refractivity contribution is 0.0945. The van der Waals surface area contributed by atoms with Gasteiger partial charge >= 0.3 is 0 Å². The summed E-state index contributed by atoms with van der Waals surface area (Å²) in [7, 11) is 1.61. The molecule has 0 aliphatic heterocycles. The molecular formula is C18H18N4O2. The Morgan fingerprint density at radius 3 is 2.67 bits per heavy atom. The standard InChI is InChI=1S/C18H18N4O2/c1-24-17-10-6-5-9-15(17)11-19-18(23)16-13-22(21-20-16)12-14-7-3-2-4-8-14/h2-10,13H,11-12H2,1H3,(H,19,23). The van der Waals surface area contributed by atoms with E-state index in [9.17, 15) is 4.79 Å². The lowest BCUT2D eigenvalue weighted by atomic mass is 10.2. The van der Waals surface area contributed by atoms with Crippen molar-refractivity contribution in [2.24, 2.45) is 0 Å². The molecule has 0 fully saturated rings. The van der Waals surface area contributed by atoms with Gasteiger partial charge in [0.2, 0.25) is 0 Å². The fraction of sp³-hybridized carbons (Fsp3) is 0.167.